The lowest BCUT2D eigenvalue weighted by molar-refractivity contribution is 0.178. The lowest BCUT2D eigenvalue weighted by atomic mass is 9.95. The SMILES string of the molecule is CNC(C(C)c1cc(F)ccc1Oc1ccc(Cl)cc1)N(C)Cc1cc(C)ccc1Oc1ccc(Cl)c(Cl)c1. The predicted molar refractivity (Wildman–Crippen MR) is 158 cm³/mol. The Morgan fingerprint density at radius 2 is 1.49 bits per heavy atom. The Morgan fingerprint density at radius 3 is 2.18 bits per heavy atom. The summed E-state index contributed by atoms with van der Waals surface area (Å²) in [6, 6.07) is 22.9. The van der Waals surface area contributed by atoms with Gasteiger partial charge in [0, 0.05) is 34.7 Å². The number of halogens is 4. The van der Waals surface area contributed by atoms with E-state index in [-0.39, 0.29) is 17.9 Å². The van der Waals surface area contributed by atoms with Crippen molar-refractivity contribution in [3.8, 4) is 23.0 Å². The maximum absolute atomic E-state index is 14.4. The minimum absolute atomic E-state index is 0.137. The molecular weight excluding hydrogens is 558 g/mol. The molecule has 0 heterocycles. The van der Waals surface area contributed by atoms with Crippen molar-refractivity contribution < 1.29 is 13.9 Å². The highest BCUT2D eigenvalue weighted by Crippen LogP contribution is 2.36. The van der Waals surface area contributed by atoms with Gasteiger partial charge in [0.2, 0.25) is 0 Å². The van der Waals surface area contributed by atoms with Crippen molar-refractivity contribution in [1.29, 1.82) is 0 Å². The van der Waals surface area contributed by atoms with Crippen LogP contribution in [-0.4, -0.2) is 25.2 Å². The van der Waals surface area contributed by atoms with Gasteiger partial charge in [-0.1, -0.05) is 59.4 Å². The van der Waals surface area contributed by atoms with Gasteiger partial charge >= 0.3 is 0 Å². The number of nitrogens with zero attached hydrogens (tertiary/aromatic N) is 1. The van der Waals surface area contributed by atoms with Crippen molar-refractivity contribution >= 4 is 34.8 Å². The fourth-order valence-electron chi connectivity index (χ4n) is 4.59. The lowest BCUT2D eigenvalue weighted by Crippen LogP contribution is -2.45. The van der Waals surface area contributed by atoms with Gasteiger partial charge in [-0.15, -0.1) is 0 Å². The van der Waals surface area contributed by atoms with E-state index in [1.165, 1.54) is 12.1 Å². The summed E-state index contributed by atoms with van der Waals surface area (Å²) in [4.78, 5) is 2.16. The number of likely N-dealkylation sites (N-methyl/N-ethyl adjacent to an activating group) is 2. The van der Waals surface area contributed by atoms with Crippen molar-refractivity contribution in [1.82, 2.24) is 10.2 Å². The van der Waals surface area contributed by atoms with Crippen molar-refractivity contribution in [3.63, 3.8) is 0 Å². The molecule has 0 radical (unpaired) electrons. The molecule has 2 atom stereocenters. The zero-order valence-electron chi connectivity index (χ0n) is 22.1. The average molecular weight is 588 g/mol. The standard InChI is InChI=1S/C31H30Cl3FN2O2/c1-19-5-13-29(39-25-11-12-27(33)28(34)17-25)21(15-19)18-37(4)31(36-3)20(2)26-16-23(35)8-14-30(26)38-24-9-6-22(32)7-10-24/h5-17,20,31,36H,18H2,1-4H3. The second-order valence-electron chi connectivity index (χ2n) is 9.46. The van der Waals surface area contributed by atoms with Crippen LogP contribution in [0.4, 0.5) is 4.39 Å². The number of aryl methyl sites for hydroxylation is 1. The molecule has 2 unspecified atom stereocenters. The van der Waals surface area contributed by atoms with Gasteiger partial charge < -0.3 is 14.8 Å². The second-order valence-corrected chi connectivity index (χ2v) is 10.7. The van der Waals surface area contributed by atoms with Crippen molar-refractivity contribution in [2.24, 2.45) is 0 Å². The molecule has 0 fully saturated rings. The fraction of sp³-hybridized carbons (Fsp3) is 0.226. The highest BCUT2D eigenvalue weighted by atomic mass is 35.5. The third kappa shape index (κ3) is 7.44. The molecule has 0 spiro atoms. The molecule has 39 heavy (non-hydrogen) atoms. The monoisotopic (exact) mass is 586 g/mol. The summed E-state index contributed by atoms with van der Waals surface area (Å²) in [5.74, 6) is 2.05. The van der Waals surface area contributed by atoms with E-state index in [4.69, 9.17) is 44.3 Å². The molecule has 4 rings (SSSR count). The number of nitrogens with one attached hydrogen (secondary N) is 1. The van der Waals surface area contributed by atoms with Crippen LogP contribution >= 0.6 is 34.8 Å². The van der Waals surface area contributed by atoms with Crippen molar-refractivity contribution in [3.05, 3.63) is 116 Å². The first kappa shape index (κ1) is 29.2. The molecule has 4 aromatic carbocycles. The second kappa shape index (κ2) is 13.0. The Bertz CT molecular complexity index is 1430. The topological polar surface area (TPSA) is 33.7 Å². The highest BCUT2D eigenvalue weighted by molar-refractivity contribution is 6.42. The molecule has 0 aromatic heterocycles. The van der Waals surface area contributed by atoms with Crippen LogP contribution in [-0.2, 0) is 6.54 Å². The van der Waals surface area contributed by atoms with Crippen LogP contribution in [0, 0.1) is 12.7 Å². The molecule has 0 amide bonds. The molecule has 204 valence electrons. The van der Waals surface area contributed by atoms with E-state index in [1.54, 1.807) is 48.5 Å². The van der Waals surface area contributed by atoms with Gasteiger partial charge in [0.1, 0.15) is 28.8 Å². The highest BCUT2D eigenvalue weighted by Gasteiger charge is 2.26. The van der Waals surface area contributed by atoms with Crippen molar-refractivity contribution in [2.45, 2.75) is 32.5 Å². The summed E-state index contributed by atoms with van der Waals surface area (Å²) in [6.07, 6.45) is -0.155. The molecule has 0 aliphatic heterocycles. The van der Waals surface area contributed by atoms with E-state index in [1.807, 2.05) is 40.1 Å². The summed E-state index contributed by atoms with van der Waals surface area (Å²) in [5, 5.41) is 4.90. The minimum atomic E-state index is -0.325. The molecule has 8 heteroatoms. The van der Waals surface area contributed by atoms with Crippen LogP contribution < -0.4 is 14.8 Å². The first-order chi connectivity index (χ1) is 18.6. The maximum Gasteiger partial charge on any atom is 0.131 e. The van der Waals surface area contributed by atoms with Gasteiger partial charge in [-0.3, -0.25) is 4.90 Å². The Kier molecular flexibility index (Phi) is 9.76. The Labute approximate surface area is 244 Å². The number of benzene rings is 4. The van der Waals surface area contributed by atoms with Gasteiger partial charge in [-0.25, -0.2) is 4.39 Å². The van der Waals surface area contributed by atoms with Gasteiger partial charge in [-0.2, -0.15) is 0 Å². The largest absolute Gasteiger partial charge is 0.457 e. The summed E-state index contributed by atoms with van der Waals surface area (Å²) < 4.78 is 26.8. The molecule has 0 saturated carbocycles. The molecule has 0 bridgehead atoms. The van der Waals surface area contributed by atoms with E-state index in [9.17, 15) is 4.39 Å². The molecule has 1 N–H and O–H groups in total. The Hall–Kier alpha value is -2.80. The number of ether oxygens (including phenoxy) is 2. The van der Waals surface area contributed by atoms with E-state index < -0.39 is 0 Å². The van der Waals surface area contributed by atoms with E-state index in [0.29, 0.717) is 44.6 Å². The van der Waals surface area contributed by atoms with E-state index in [0.717, 1.165) is 16.7 Å². The summed E-state index contributed by atoms with van der Waals surface area (Å²) in [5.41, 5.74) is 2.85. The molecule has 0 aliphatic rings. The average Bonchev–Trinajstić information content (AvgIpc) is 2.90. The number of hydrogen-bond donors (Lipinski definition) is 1. The number of rotatable bonds is 10. The number of hydrogen-bond acceptors (Lipinski definition) is 4. The van der Waals surface area contributed by atoms with Gasteiger partial charge in [0.05, 0.1) is 16.2 Å². The third-order valence-corrected chi connectivity index (χ3v) is 7.49. The summed E-state index contributed by atoms with van der Waals surface area (Å²) >= 11 is 18.3. The normalized spacial score (nSPS) is 12.8. The fourth-order valence-corrected chi connectivity index (χ4v) is 5.00. The Balaban J connectivity index is 1.58. The van der Waals surface area contributed by atoms with Gasteiger partial charge in [0.25, 0.3) is 0 Å². The van der Waals surface area contributed by atoms with E-state index >= 15 is 0 Å². The Morgan fingerprint density at radius 1 is 0.821 bits per heavy atom. The van der Waals surface area contributed by atoms with Gasteiger partial charge in [-0.05, 0) is 81.7 Å². The van der Waals surface area contributed by atoms with Crippen molar-refractivity contribution in [2.75, 3.05) is 14.1 Å². The maximum atomic E-state index is 14.4. The molecule has 4 nitrogen and oxygen atoms in total. The zero-order chi connectivity index (χ0) is 28.1. The smallest absolute Gasteiger partial charge is 0.131 e. The zero-order valence-corrected chi connectivity index (χ0v) is 24.4. The molecular formula is C31H30Cl3FN2O2. The minimum Gasteiger partial charge on any atom is -0.457 e. The molecule has 4 aromatic rings. The molecule has 0 saturated heterocycles. The summed E-state index contributed by atoms with van der Waals surface area (Å²) in [6.45, 7) is 4.65. The van der Waals surface area contributed by atoms with Gasteiger partial charge in [0.15, 0.2) is 0 Å². The quantitative estimate of drug-likeness (QED) is 0.187. The molecule has 0 aliphatic carbocycles. The first-order valence-electron chi connectivity index (χ1n) is 12.5. The predicted octanol–water partition coefficient (Wildman–Crippen LogP) is 9.46. The van der Waals surface area contributed by atoms with Crippen LogP contribution in [0.15, 0.2) is 78.9 Å². The van der Waals surface area contributed by atoms with E-state index in [2.05, 4.69) is 16.3 Å². The van der Waals surface area contributed by atoms with Crippen LogP contribution in [0.2, 0.25) is 15.1 Å². The summed E-state index contributed by atoms with van der Waals surface area (Å²) in [7, 11) is 3.90. The van der Waals surface area contributed by atoms with Crippen LogP contribution in [0.5, 0.6) is 23.0 Å². The van der Waals surface area contributed by atoms with Crippen LogP contribution in [0.25, 0.3) is 0 Å². The van der Waals surface area contributed by atoms with Crippen LogP contribution in [0.1, 0.15) is 29.5 Å². The van der Waals surface area contributed by atoms with Crippen LogP contribution in [0.3, 0.4) is 0 Å². The first-order valence-corrected chi connectivity index (χ1v) is 13.6. The third-order valence-electron chi connectivity index (χ3n) is 6.50. The lowest BCUT2D eigenvalue weighted by Gasteiger charge is -2.34.